The van der Waals surface area contributed by atoms with E-state index in [1.54, 1.807) is 6.20 Å². The molecule has 3 N–H and O–H groups in total. The Balaban J connectivity index is 1.75. The zero-order valence-corrected chi connectivity index (χ0v) is 12.4. The molecule has 6 heteroatoms. The Labute approximate surface area is 124 Å². The van der Waals surface area contributed by atoms with Crippen molar-refractivity contribution in [3.63, 3.8) is 0 Å². The van der Waals surface area contributed by atoms with Crippen LogP contribution in [-0.2, 0) is 16.0 Å². The highest BCUT2D eigenvalue weighted by Gasteiger charge is 2.35. The summed E-state index contributed by atoms with van der Waals surface area (Å²) in [4.78, 5) is 23.3. The van der Waals surface area contributed by atoms with E-state index in [4.69, 9.17) is 0 Å². The van der Waals surface area contributed by atoms with Crippen LogP contribution in [0.3, 0.4) is 0 Å². The Kier molecular flexibility index (Phi) is 5.36. The van der Waals surface area contributed by atoms with Crippen molar-refractivity contribution in [3.05, 3.63) is 17.5 Å². The molecule has 2 atom stereocenters. The lowest BCUT2D eigenvalue weighted by atomic mass is 9.78. The molecule has 1 aliphatic carbocycles. The first-order valence-electron chi connectivity index (χ1n) is 7.59. The number of carbonyl (C=O) groups is 2. The number of carbonyl (C=O) groups excluding carboxylic acids is 1. The van der Waals surface area contributed by atoms with E-state index in [9.17, 15) is 14.7 Å². The van der Waals surface area contributed by atoms with Gasteiger partial charge in [-0.05, 0) is 38.2 Å². The van der Waals surface area contributed by atoms with Crippen LogP contribution in [0.15, 0.2) is 6.20 Å². The second-order valence-electron chi connectivity index (χ2n) is 5.75. The lowest BCUT2D eigenvalue weighted by molar-refractivity contribution is -0.148. The van der Waals surface area contributed by atoms with Crippen molar-refractivity contribution in [2.45, 2.75) is 45.4 Å². The van der Waals surface area contributed by atoms with Crippen molar-refractivity contribution in [1.82, 2.24) is 15.5 Å². The van der Waals surface area contributed by atoms with Gasteiger partial charge >= 0.3 is 5.97 Å². The van der Waals surface area contributed by atoms with Gasteiger partial charge in [-0.15, -0.1) is 0 Å². The smallest absolute Gasteiger partial charge is 0.307 e. The van der Waals surface area contributed by atoms with Gasteiger partial charge in [-0.2, -0.15) is 5.10 Å². The Morgan fingerprint density at radius 2 is 2.10 bits per heavy atom. The monoisotopic (exact) mass is 293 g/mol. The predicted octanol–water partition coefficient (Wildman–Crippen LogP) is 1.66. The molecule has 1 aromatic rings. The molecule has 0 spiro atoms. The van der Waals surface area contributed by atoms with Crippen LogP contribution < -0.4 is 5.32 Å². The maximum atomic E-state index is 12.1. The molecule has 2 unspecified atom stereocenters. The summed E-state index contributed by atoms with van der Waals surface area (Å²) in [6.07, 6.45) is 6.63. The maximum absolute atomic E-state index is 12.1. The van der Waals surface area contributed by atoms with Gasteiger partial charge in [-0.3, -0.25) is 14.7 Å². The molecule has 0 saturated heterocycles. The number of aromatic nitrogens is 2. The molecule has 1 heterocycles. The number of nitrogens with zero attached hydrogens (tertiary/aromatic N) is 1. The van der Waals surface area contributed by atoms with E-state index >= 15 is 0 Å². The summed E-state index contributed by atoms with van der Waals surface area (Å²) in [6, 6.07) is 0. The normalized spacial score (nSPS) is 22.0. The number of nitrogens with one attached hydrogen (secondary N) is 2. The minimum atomic E-state index is -0.844. The molecule has 1 aliphatic rings. The van der Waals surface area contributed by atoms with Gasteiger partial charge < -0.3 is 10.4 Å². The molecule has 21 heavy (non-hydrogen) atoms. The highest BCUT2D eigenvalue weighted by Crippen LogP contribution is 2.30. The molecule has 0 radical (unpaired) electrons. The molecule has 1 aromatic heterocycles. The summed E-state index contributed by atoms with van der Waals surface area (Å²) in [6.45, 7) is 2.55. The van der Waals surface area contributed by atoms with E-state index < -0.39 is 11.9 Å². The number of aryl methyl sites for hydroxylation is 2. The van der Waals surface area contributed by atoms with E-state index in [1.807, 2.05) is 6.92 Å². The fraction of sp³-hybridized carbons (Fsp3) is 0.667. The largest absolute Gasteiger partial charge is 0.481 e. The zero-order valence-electron chi connectivity index (χ0n) is 12.4. The molecular formula is C15H23N3O3. The first-order chi connectivity index (χ1) is 10.1. The van der Waals surface area contributed by atoms with Gasteiger partial charge in [-0.1, -0.05) is 12.8 Å². The lowest BCUT2D eigenvalue weighted by Gasteiger charge is -2.27. The van der Waals surface area contributed by atoms with E-state index in [0.29, 0.717) is 19.4 Å². The van der Waals surface area contributed by atoms with Crippen molar-refractivity contribution in [2.24, 2.45) is 11.8 Å². The first kappa shape index (κ1) is 15.5. The summed E-state index contributed by atoms with van der Waals surface area (Å²) < 4.78 is 0. The minimum absolute atomic E-state index is 0.106. The number of hydrogen-bond acceptors (Lipinski definition) is 3. The van der Waals surface area contributed by atoms with Gasteiger partial charge in [0.1, 0.15) is 0 Å². The van der Waals surface area contributed by atoms with Crippen LogP contribution in [-0.4, -0.2) is 33.7 Å². The van der Waals surface area contributed by atoms with Crippen LogP contribution in [0, 0.1) is 18.8 Å². The van der Waals surface area contributed by atoms with Gasteiger partial charge in [0, 0.05) is 12.2 Å². The van der Waals surface area contributed by atoms with Crippen molar-refractivity contribution < 1.29 is 14.7 Å². The number of H-pyrrole nitrogens is 1. The van der Waals surface area contributed by atoms with Crippen molar-refractivity contribution in [1.29, 1.82) is 0 Å². The summed E-state index contributed by atoms with van der Waals surface area (Å²) >= 11 is 0. The van der Waals surface area contributed by atoms with E-state index in [0.717, 1.165) is 36.9 Å². The Bertz CT molecular complexity index is 498. The van der Waals surface area contributed by atoms with Gasteiger partial charge in [0.15, 0.2) is 0 Å². The van der Waals surface area contributed by atoms with Crippen LogP contribution >= 0.6 is 0 Å². The van der Waals surface area contributed by atoms with Gasteiger partial charge in [-0.25, -0.2) is 0 Å². The van der Waals surface area contributed by atoms with Crippen LogP contribution in [0.4, 0.5) is 0 Å². The van der Waals surface area contributed by atoms with E-state index in [-0.39, 0.29) is 11.8 Å². The lowest BCUT2D eigenvalue weighted by Crippen LogP contribution is -2.40. The first-order valence-corrected chi connectivity index (χ1v) is 7.59. The zero-order chi connectivity index (χ0) is 15.2. The molecule has 1 fully saturated rings. The molecule has 1 amide bonds. The van der Waals surface area contributed by atoms with Crippen LogP contribution in [0.2, 0.25) is 0 Å². The average Bonchev–Trinajstić information content (AvgIpc) is 2.88. The summed E-state index contributed by atoms with van der Waals surface area (Å²) in [7, 11) is 0. The molecule has 116 valence electrons. The second-order valence-corrected chi connectivity index (χ2v) is 5.75. The number of aliphatic carboxylic acids is 1. The fourth-order valence-electron chi connectivity index (χ4n) is 2.99. The van der Waals surface area contributed by atoms with Gasteiger partial charge in [0.2, 0.25) is 5.91 Å². The third-order valence-corrected chi connectivity index (χ3v) is 4.28. The molecule has 0 bridgehead atoms. The van der Waals surface area contributed by atoms with Crippen molar-refractivity contribution >= 4 is 11.9 Å². The van der Waals surface area contributed by atoms with Gasteiger partial charge in [0.25, 0.3) is 0 Å². The number of carboxylic acid groups (broad SMARTS) is 1. The Hall–Kier alpha value is -1.85. The SMILES string of the molecule is Cc1[nH]ncc1CCCNC(=O)C1CCCCC1C(=O)O. The van der Waals surface area contributed by atoms with Gasteiger partial charge in [0.05, 0.1) is 18.0 Å². The van der Waals surface area contributed by atoms with Crippen LogP contribution in [0.1, 0.15) is 43.4 Å². The third-order valence-electron chi connectivity index (χ3n) is 4.28. The fourth-order valence-corrected chi connectivity index (χ4v) is 2.99. The second kappa shape index (κ2) is 7.24. The maximum Gasteiger partial charge on any atom is 0.307 e. The predicted molar refractivity (Wildman–Crippen MR) is 77.7 cm³/mol. The topological polar surface area (TPSA) is 95.1 Å². The van der Waals surface area contributed by atoms with Crippen LogP contribution in [0.5, 0.6) is 0 Å². The van der Waals surface area contributed by atoms with Crippen molar-refractivity contribution in [2.75, 3.05) is 6.54 Å². The highest BCUT2D eigenvalue weighted by molar-refractivity contribution is 5.84. The standard InChI is InChI=1S/C15H23N3O3/c1-10-11(9-17-18-10)5-4-8-16-14(19)12-6-2-3-7-13(12)15(20)21/h9,12-13H,2-8H2,1H3,(H,16,19)(H,17,18)(H,20,21). The molecule has 0 aromatic carbocycles. The number of rotatable bonds is 6. The quantitative estimate of drug-likeness (QED) is 0.695. The average molecular weight is 293 g/mol. The number of amides is 1. The molecule has 6 nitrogen and oxygen atoms in total. The minimum Gasteiger partial charge on any atom is -0.481 e. The van der Waals surface area contributed by atoms with Crippen molar-refractivity contribution in [3.8, 4) is 0 Å². The summed E-state index contributed by atoms with van der Waals surface area (Å²) in [5.74, 6) is -1.84. The highest BCUT2D eigenvalue weighted by atomic mass is 16.4. The molecule has 2 rings (SSSR count). The number of carboxylic acids is 1. The van der Waals surface area contributed by atoms with E-state index in [2.05, 4.69) is 15.5 Å². The summed E-state index contributed by atoms with van der Waals surface area (Å²) in [5.41, 5.74) is 2.21. The Morgan fingerprint density at radius 1 is 1.38 bits per heavy atom. The Morgan fingerprint density at radius 3 is 2.71 bits per heavy atom. The molecular weight excluding hydrogens is 270 g/mol. The summed E-state index contributed by atoms with van der Waals surface area (Å²) in [5, 5.41) is 18.9. The number of hydrogen-bond donors (Lipinski definition) is 3. The van der Waals surface area contributed by atoms with Crippen LogP contribution in [0.25, 0.3) is 0 Å². The van der Waals surface area contributed by atoms with E-state index in [1.165, 1.54) is 0 Å². The third kappa shape index (κ3) is 4.06. The molecule has 0 aliphatic heterocycles. The number of aromatic amines is 1. The molecule has 1 saturated carbocycles.